The van der Waals surface area contributed by atoms with Gasteiger partial charge in [-0.1, -0.05) is 0 Å². The Morgan fingerprint density at radius 2 is 1.22 bits per heavy atom. The van der Waals surface area contributed by atoms with E-state index in [1.807, 2.05) is 0 Å². The molecule has 0 saturated carbocycles. The van der Waals surface area contributed by atoms with E-state index in [0.717, 1.165) is 0 Å². The molecule has 3 nitrogen and oxygen atoms in total. The van der Waals surface area contributed by atoms with Crippen molar-refractivity contribution in [2.45, 2.75) is 0 Å². The molecule has 0 radical (unpaired) electrons. The molecule has 0 saturated heterocycles. The Morgan fingerprint density at radius 3 is 1.22 bits per heavy atom. The number of carbonyl (C=O) groups excluding carboxylic acids is 1. The first-order chi connectivity index (χ1) is 3.15. The molecule has 0 aliphatic heterocycles. The molecule has 0 unspecified atom stereocenters. The largest absolute Gasteiger partial charge is 1.00 e. The normalized spacial score (nSPS) is 4.67. The molecule has 0 amide bonds. The van der Waals surface area contributed by atoms with Crippen molar-refractivity contribution >= 4 is 29.4 Å². The summed E-state index contributed by atoms with van der Waals surface area (Å²) in [6, 6.07) is 0. The molecule has 0 N–H and O–H groups in total. The second-order valence-electron chi connectivity index (χ2n) is 0.351. The first kappa shape index (κ1) is 22.7. The summed E-state index contributed by atoms with van der Waals surface area (Å²) >= 11 is 9.53. The van der Waals surface area contributed by atoms with Crippen LogP contribution in [-0.4, -0.2) is 11.5 Å². The summed E-state index contributed by atoms with van der Waals surface area (Å²) in [5.41, 5.74) is 0. The Bertz CT molecular complexity index is 49.1. The van der Waals surface area contributed by atoms with Crippen molar-refractivity contribution in [3.8, 4) is 0 Å². The van der Waals surface area contributed by atoms with E-state index in [1.54, 1.807) is 0 Å². The molecule has 0 bridgehead atoms. The van der Waals surface area contributed by atoms with Crippen LogP contribution >= 0.6 is 23.2 Å². The zero-order valence-electron chi connectivity index (χ0n) is 5.19. The third-order valence-corrected chi connectivity index (χ3v) is 0. The first-order valence-electron chi connectivity index (χ1n) is 1.15. The van der Waals surface area contributed by atoms with E-state index >= 15 is 0 Å². The number of hydrogen-bond acceptors (Lipinski definition) is 3. The van der Waals surface area contributed by atoms with E-state index in [1.165, 1.54) is 0 Å². The maximum absolute atomic E-state index is 8.33. The number of halogens is 2. The smallest absolute Gasteiger partial charge is 0.652 e. The van der Waals surface area contributed by atoms with E-state index < -0.39 is 6.16 Å². The van der Waals surface area contributed by atoms with E-state index in [4.69, 9.17) is 38.2 Å². The molecule has 7 heteroatoms. The van der Waals surface area contributed by atoms with Crippen LogP contribution in [0.3, 0.4) is 0 Å². The second kappa shape index (κ2) is 22.5. The van der Waals surface area contributed by atoms with Gasteiger partial charge >= 0.3 is 103 Å². The van der Waals surface area contributed by atoms with Gasteiger partial charge in [-0.25, -0.2) is 0 Å². The van der Waals surface area contributed by atoms with Crippen LogP contribution in [0.2, 0.25) is 0 Å². The minimum Gasteiger partial charge on any atom is -0.652 e. The maximum atomic E-state index is 8.33. The summed E-state index contributed by atoms with van der Waals surface area (Å²) in [7, 11) is 0. The van der Waals surface area contributed by atoms with Gasteiger partial charge in [-0.3, -0.25) is 0 Å². The Labute approximate surface area is 148 Å². The van der Waals surface area contributed by atoms with Crippen molar-refractivity contribution in [3.63, 3.8) is 0 Å². The van der Waals surface area contributed by atoms with Crippen molar-refractivity contribution in [2.75, 3.05) is 5.34 Å². The van der Waals surface area contributed by atoms with Crippen LogP contribution in [0.5, 0.6) is 0 Å². The van der Waals surface area contributed by atoms with E-state index in [2.05, 4.69) is 0 Å². The summed E-state index contributed by atoms with van der Waals surface area (Å²) < 4.78 is 0. The van der Waals surface area contributed by atoms with Crippen LogP contribution in [0.25, 0.3) is 0 Å². The molecule has 0 aliphatic rings. The van der Waals surface area contributed by atoms with Crippen LogP contribution in [0.15, 0.2) is 0 Å². The summed E-state index contributed by atoms with van der Waals surface area (Å²) in [4.78, 5) is 8.33. The van der Waals surface area contributed by atoms with Gasteiger partial charge in [0.05, 0.1) is 5.34 Å². The number of carbonyl (C=O) groups is 1. The van der Waals surface area contributed by atoms with Gasteiger partial charge in [0.2, 0.25) is 0 Å². The summed E-state index contributed by atoms with van der Waals surface area (Å²) in [6.45, 7) is 0. The molecular formula is C2H2Cl2K2O3. The van der Waals surface area contributed by atoms with E-state index in [-0.39, 0.29) is 108 Å². The third kappa shape index (κ3) is 94.9. The second-order valence-corrected chi connectivity index (χ2v) is 1.16. The number of rotatable bonds is 0. The van der Waals surface area contributed by atoms with Gasteiger partial charge in [0.1, 0.15) is 0 Å². The molecule has 0 atom stereocenters. The third-order valence-electron chi connectivity index (χ3n) is 0. The fourth-order valence-corrected chi connectivity index (χ4v) is 0. The summed E-state index contributed by atoms with van der Waals surface area (Å²) in [5.74, 6) is 0. The fourth-order valence-electron chi connectivity index (χ4n) is 0. The Balaban J connectivity index is -0.0000000233. The predicted molar refractivity (Wildman–Crippen MR) is 22.0 cm³/mol. The van der Waals surface area contributed by atoms with Gasteiger partial charge in [0.25, 0.3) is 0 Å². The summed E-state index contributed by atoms with van der Waals surface area (Å²) in [5, 5.41) is 16.9. The Morgan fingerprint density at radius 1 is 1.22 bits per heavy atom. The average Bonchev–Trinajstić information content (AvgIpc) is 1.33. The molecule has 0 spiro atoms. The van der Waals surface area contributed by atoms with Crippen molar-refractivity contribution < 1.29 is 118 Å². The van der Waals surface area contributed by atoms with Crippen LogP contribution in [0, 0.1) is 0 Å². The molecular weight excluding hydrogens is 221 g/mol. The van der Waals surface area contributed by atoms with Gasteiger partial charge in [-0.05, 0) is 6.16 Å². The molecule has 0 aromatic rings. The molecule has 0 rings (SSSR count). The van der Waals surface area contributed by atoms with Gasteiger partial charge in [-0.2, -0.15) is 0 Å². The zero-order valence-corrected chi connectivity index (χ0v) is 12.9. The SMILES string of the molecule is ClCCl.O=C([O-])[O-].[K+].[K+]. The predicted octanol–water partition coefficient (Wildman–Crippen LogP) is -7.02. The van der Waals surface area contributed by atoms with Crippen LogP contribution in [0.4, 0.5) is 4.79 Å². The molecule has 0 heterocycles. The van der Waals surface area contributed by atoms with Gasteiger partial charge in [0, 0.05) is 0 Å². The number of carboxylic acid groups (broad SMARTS) is 2. The fraction of sp³-hybridized carbons (Fsp3) is 0.500. The Hall–Kier alpha value is 3.12. The quantitative estimate of drug-likeness (QED) is 0.303. The minimum absolute atomic E-state index is 0. The molecule has 0 fully saturated rings. The van der Waals surface area contributed by atoms with Crippen LogP contribution in [-0.2, 0) is 0 Å². The van der Waals surface area contributed by atoms with Crippen molar-refractivity contribution in [3.05, 3.63) is 0 Å². The maximum Gasteiger partial charge on any atom is 1.00 e. The molecule has 0 aromatic carbocycles. The number of hydrogen-bond donors (Lipinski definition) is 0. The first-order valence-corrected chi connectivity index (χ1v) is 2.22. The zero-order chi connectivity index (χ0) is 6.28. The van der Waals surface area contributed by atoms with Crippen LogP contribution in [0.1, 0.15) is 0 Å². The van der Waals surface area contributed by atoms with Gasteiger partial charge < -0.3 is 15.0 Å². The van der Waals surface area contributed by atoms with Gasteiger partial charge in [-0.15, -0.1) is 23.2 Å². The van der Waals surface area contributed by atoms with Gasteiger partial charge in [0.15, 0.2) is 0 Å². The average molecular weight is 223 g/mol. The van der Waals surface area contributed by atoms with Crippen LogP contribution < -0.4 is 113 Å². The van der Waals surface area contributed by atoms with E-state index in [0.29, 0.717) is 0 Å². The molecule has 9 heavy (non-hydrogen) atoms. The molecule has 0 aromatic heterocycles. The van der Waals surface area contributed by atoms with E-state index in [9.17, 15) is 0 Å². The standard InChI is InChI=1S/CH2Cl2.CH2O3.2K/c2-1-3;2-1(3)4;;/h1H2;(H2,2,3,4);;/q;;2*+1/p-2. The minimum atomic E-state index is -2.33. The van der Waals surface area contributed by atoms with Crippen molar-refractivity contribution in [2.24, 2.45) is 0 Å². The topological polar surface area (TPSA) is 63.2 Å². The van der Waals surface area contributed by atoms with Crippen molar-refractivity contribution in [1.82, 2.24) is 0 Å². The molecule has 44 valence electrons. The van der Waals surface area contributed by atoms with Crippen molar-refractivity contribution in [1.29, 1.82) is 0 Å². The summed E-state index contributed by atoms with van der Waals surface area (Å²) in [6.07, 6.45) is -2.33. The monoisotopic (exact) mass is 222 g/mol. The Kier molecular flexibility index (Phi) is 56.7. The molecule has 0 aliphatic carbocycles. The number of alkyl halides is 2.